The molecule has 3 heterocycles. The fraction of sp³-hybridized carbons (Fsp3) is 0.360. The van der Waals surface area contributed by atoms with Gasteiger partial charge in [-0.3, -0.25) is 14.1 Å². The average Bonchev–Trinajstić information content (AvgIpc) is 3.45. The Kier molecular flexibility index (Phi) is 4.34. The highest BCUT2D eigenvalue weighted by Gasteiger charge is 2.59. The second kappa shape index (κ2) is 7.17. The van der Waals surface area contributed by atoms with E-state index < -0.39 is 38.3 Å². The second-order valence-corrected chi connectivity index (χ2v) is 11.7. The van der Waals surface area contributed by atoms with Crippen molar-refractivity contribution >= 4 is 45.0 Å². The summed E-state index contributed by atoms with van der Waals surface area (Å²) in [7, 11) is -4.44. The quantitative estimate of drug-likeness (QED) is 0.295. The van der Waals surface area contributed by atoms with Crippen molar-refractivity contribution in [2.45, 2.75) is 37.0 Å². The molecule has 37 heavy (non-hydrogen) atoms. The van der Waals surface area contributed by atoms with E-state index in [0.717, 1.165) is 37.1 Å². The molecule has 8 rings (SSSR count). The Morgan fingerprint density at radius 2 is 1.65 bits per heavy atom. The molecule has 1 aromatic carbocycles. The van der Waals surface area contributed by atoms with Crippen molar-refractivity contribution in [3.8, 4) is 17.2 Å². The van der Waals surface area contributed by atoms with E-state index in [1.165, 1.54) is 0 Å². The first-order valence-electron chi connectivity index (χ1n) is 11.7. The molecule has 0 saturated heterocycles. The highest BCUT2D eigenvalue weighted by Crippen LogP contribution is 2.60. The Hall–Kier alpha value is -3.77. The SMILES string of the molecule is O=C1Oc2c(OC(=O)C34CC5CC(C3)C(=O)[C@H](C5)C4)c3oc2c1c3C(=O)Oc1ccc(S(=O)(=O)O)cc1. The molecule has 1 N–H and O–H groups in total. The molecule has 12 heteroatoms. The zero-order valence-corrected chi connectivity index (χ0v) is 19.8. The number of benzene rings is 2. The molecule has 3 aromatic rings. The number of rotatable bonds is 5. The Morgan fingerprint density at radius 3 is 2.30 bits per heavy atom. The number of carbonyl (C=O) groups is 4. The van der Waals surface area contributed by atoms with Crippen LogP contribution >= 0.6 is 0 Å². The van der Waals surface area contributed by atoms with Crippen LogP contribution < -0.4 is 14.2 Å². The van der Waals surface area contributed by atoms with Crippen molar-refractivity contribution in [1.82, 2.24) is 0 Å². The number of ether oxygens (including phenoxy) is 3. The summed E-state index contributed by atoms with van der Waals surface area (Å²) in [6, 6.07) is 4.39. The first-order valence-corrected chi connectivity index (χ1v) is 13.2. The number of fused-ring (bicyclic) bond motifs is 1. The Bertz CT molecular complexity index is 1630. The number of furan rings is 2. The number of hydrogen-bond acceptors (Lipinski definition) is 10. The number of Topliss-reactive ketones (excluding diaryl/α,β-unsaturated/α-hetero) is 1. The topological polar surface area (TPSA) is 163 Å². The van der Waals surface area contributed by atoms with E-state index in [1.54, 1.807) is 0 Å². The zero-order chi connectivity index (χ0) is 25.9. The first-order chi connectivity index (χ1) is 17.5. The van der Waals surface area contributed by atoms with Crippen LogP contribution in [0.1, 0.15) is 52.8 Å². The lowest BCUT2D eigenvalue weighted by Gasteiger charge is -2.53. The molecule has 1 aliphatic heterocycles. The van der Waals surface area contributed by atoms with Crippen LogP contribution in [-0.4, -0.2) is 36.7 Å². The maximum absolute atomic E-state index is 13.5. The van der Waals surface area contributed by atoms with Gasteiger partial charge >= 0.3 is 17.9 Å². The number of carbonyl (C=O) groups excluding carboxylic acids is 4. The zero-order valence-electron chi connectivity index (χ0n) is 19.0. The molecule has 0 amide bonds. The molecule has 0 spiro atoms. The van der Waals surface area contributed by atoms with Gasteiger partial charge in [0.2, 0.25) is 11.5 Å². The lowest BCUT2D eigenvalue weighted by molar-refractivity contribution is -0.167. The van der Waals surface area contributed by atoms with Gasteiger partial charge in [-0.25, -0.2) is 9.59 Å². The molecule has 190 valence electrons. The van der Waals surface area contributed by atoms with Crippen LogP contribution in [0.4, 0.5) is 0 Å². The molecule has 6 bridgehead atoms. The van der Waals surface area contributed by atoms with Gasteiger partial charge in [-0.2, -0.15) is 8.42 Å². The molecule has 4 aliphatic carbocycles. The number of esters is 3. The highest BCUT2D eigenvalue weighted by atomic mass is 32.2. The molecule has 4 fully saturated rings. The summed E-state index contributed by atoms with van der Waals surface area (Å²) < 4.78 is 53.5. The van der Waals surface area contributed by atoms with E-state index in [-0.39, 0.29) is 63.1 Å². The number of hydrogen-bond donors (Lipinski definition) is 1. The summed E-state index contributed by atoms with van der Waals surface area (Å²) in [6.07, 6.45) is 3.05. The molecule has 4 atom stereocenters. The van der Waals surface area contributed by atoms with Crippen LogP contribution in [0.3, 0.4) is 0 Å². The van der Waals surface area contributed by atoms with Gasteiger partial charge in [0.25, 0.3) is 10.1 Å². The maximum Gasteiger partial charge on any atom is 0.348 e. The van der Waals surface area contributed by atoms with Crippen molar-refractivity contribution in [2.24, 2.45) is 23.2 Å². The fourth-order valence-electron chi connectivity index (χ4n) is 6.71. The minimum absolute atomic E-state index is 0.0304. The summed E-state index contributed by atoms with van der Waals surface area (Å²) in [5, 5.41) is 0. The van der Waals surface area contributed by atoms with E-state index in [4.69, 9.17) is 23.2 Å². The summed E-state index contributed by atoms with van der Waals surface area (Å²) in [4.78, 5) is 51.1. The monoisotopic (exact) mass is 526 g/mol. The van der Waals surface area contributed by atoms with Gasteiger partial charge in [-0.05, 0) is 62.3 Å². The van der Waals surface area contributed by atoms with E-state index in [0.29, 0.717) is 19.3 Å². The molecular formula is C25H18O11S. The lowest BCUT2D eigenvalue weighted by atomic mass is 9.49. The van der Waals surface area contributed by atoms with Gasteiger partial charge in [0.1, 0.15) is 22.7 Å². The summed E-state index contributed by atoms with van der Waals surface area (Å²) in [6.45, 7) is 0. The third-order valence-electron chi connectivity index (χ3n) is 8.08. The molecular weight excluding hydrogens is 508 g/mol. The molecule has 4 saturated carbocycles. The maximum atomic E-state index is 13.5. The summed E-state index contributed by atoms with van der Waals surface area (Å²) in [5.74, 6) is -2.51. The summed E-state index contributed by atoms with van der Waals surface area (Å²) in [5.41, 5.74) is -1.43. The fourth-order valence-corrected chi connectivity index (χ4v) is 7.19. The van der Waals surface area contributed by atoms with Gasteiger partial charge in [0.05, 0.1) is 10.3 Å². The van der Waals surface area contributed by atoms with Crippen molar-refractivity contribution < 1.29 is 50.8 Å². The van der Waals surface area contributed by atoms with Crippen LogP contribution in [0.5, 0.6) is 17.2 Å². The van der Waals surface area contributed by atoms with E-state index in [2.05, 4.69) is 0 Å². The highest BCUT2D eigenvalue weighted by molar-refractivity contribution is 7.85. The van der Waals surface area contributed by atoms with Gasteiger partial charge in [0.15, 0.2) is 11.2 Å². The smallest absolute Gasteiger partial charge is 0.348 e. The predicted molar refractivity (Wildman–Crippen MR) is 120 cm³/mol. The molecule has 0 radical (unpaired) electrons. The first kappa shape index (κ1) is 22.4. The van der Waals surface area contributed by atoms with Crippen LogP contribution in [-0.2, 0) is 19.7 Å². The third-order valence-corrected chi connectivity index (χ3v) is 8.95. The van der Waals surface area contributed by atoms with Crippen LogP contribution in [0.25, 0.3) is 11.2 Å². The molecule has 5 aliphatic rings. The van der Waals surface area contributed by atoms with Crippen molar-refractivity contribution in [1.29, 1.82) is 0 Å². The van der Waals surface area contributed by atoms with Gasteiger partial charge < -0.3 is 18.6 Å². The van der Waals surface area contributed by atoms with Gasteiger partial charge in [0, 0.05) is 11.8 Å². The predicted octanol–water partition coefficient (Wildman–Crippen LogP) is 3.17. The Labute approximate surface area is 208 Å². The summed E-state index contributed by atoms with van der Waals surface area (Å²) >= 11 is 0. The minimum atomic E-state index is -4.44. The van der Waals surface area contributed by atoms with Crippen molar-refractivity contribution in [3.63, 3.8) is 0 Å². The van der Waals surface area contributed by atoms with Crippen molar-refractivity contribution in [3.05, 3.63) is 35.4 Å². The third kappa shape index (κ3) is 3.12. The van der Waals surface area contributed by atoms with Gasteiger partial charge in [-0.1, -0.05) is 0 Å². The Balaban J connectivity index is 1.19. The van der Waals surface area contributed by atoms with E-state index in [9.17, 15) is 27.6 Å². The second-order valence-electron chi connectivity index (χ2n) is 10.3. The lowest BCUT2D eigenvalue weighted by Crippen LogP contribution is -2.55. The normalized spacial score (nSPS) is 27.6. The van der Waals surface area contributed by atoms with Crippen LogP contribution in [0.15, 0.2) is 33.6 Å². The molecule has 3 unspecified atom stereocenters. The largest absolute Gasteiger partial charge is 0.447 e. The number of ketones is 1. The molecule has 11 nitrogen and oxygen atoms in total. The van der Waals surface area contributed by atoms with E-state index in [1.807, 2.05) is 0 Å². The molecule has 2 aromatic heterocycles. The van der Waals surface area contributed by atoms with Crippen molar-refractivity contribution in [2.75, 3.05) is 0 Å². The average molecular weight is 526 g/mol. The van der Waals surface area contributed by atoms with Crippen LogP contribution in [0.2, 0.25) is 0 Å². The standard InChI is InChI=1S/C25H18O11S/c26-17-11-5-10-6-12(17)9-25(7-10,8-11)24(29)36-21-19-15(16-18(34-19)20(21)35-23(16)28)22(27)33-13-1-3-14(4-2-13)37(30,31)32/h1-4,10-12H,5-9H2,(H,30,31,32)/t10?,11-,12?,25?/m1/s1. The van der Waals surface area contributed by atoms with Crippen LogP contribution in [0, 0.1) is 23.2 Å². The minimum Gasteiger partial charge on any atom is -0.447 e. The van der Waals surface area contributed by atoms with Gasteiger partial charge in [-0.15, -0.1) is 0 Å². The Morgan fingerprint density at radius 1 is 0.973 bits per heavy atom. The van der Waals surface area contributed by atoms with E-state index >= 15 is 0 Å².